The molecule has 0 bridgehead atoms. The molecule has 0 spiro atoms. The van der Waals surface area contributed by atoms with E-state index in [2.05, 4.69) is 24.1 Å². The highest BCUT2D eigenvalue weighted by Gasteiger charge is 2.33. The van der Waals surface area contributed by atoms with Gasteiger partial charge in [0.25, 0.3) is 0 Å². The van der Waals surface area contributed by atoms with Gasteiger partial charge in [-0.1, -0.05) is 26.0 Å². The molecule has 1 heterocycles. The topological polar surface area (TPSA) is 84.2 Å². The van der Waals surface area contributed by atoms with Crippen molar-refractivity contribution < 1.29 is 14.7 Å². The lowest BCUT2D eigenvalue weighted by Crippen LogP contribution is -2.34. The van der Waals surface area contributed by atoms with Crippen LogP contribution in [-0.4, -0.2) is 26.5 Å². The molecular weight excluding hydrogens is 330 g/mol. The Labute approximate surface area is 152 Å². The zero-order chi connectivity index (χ0) is 18.7. The van der Waals surface area contributed by atoms with E-state index in [1.165, 1.54) is 0 Å². The van der Waals surface area contributed by atoms with Crippen molar-refractivity contribution >= 4 is 17.6 Å². The second-order valence-electron chi connectivity index (χ2n) is 6.84. The van der Waals surface area contributed by atoms with Crippen LogP contribution in [-0.2, 0) is 9.59 Å². The molecule has 2 N–H and O–H groups in total. The molecule has 26 heavy (non-hydrogen) atoms. The van der Waals surface area contributed by atoms with Gasteiger partial charge in [0, 0.05) is 29.7 Å². The van der Waals surface area contributed by atoms with E-state index < -0.39 is 17.8 Å². The molecular formula is C20H23N3O3. The van der Waals surface area contributed by atoms with Crippen molar-refractivity contribution in [3.05, 3.63) is 54.6 Å². The van der Waals surface area contributed by atoms with E-state index in [-0.39, 0.29) is 5.91 Å². The van der Waals surface area contributed by atoms with Gasteiger partial charge in [0.15, 0.2) is 0 Å². The van der Waals surface area contributed by atoms with Gasteiger partial charge in [-0.25, -0.2) is 4.98 Å². The van der Waals surface area contributed by atoms with E-state index in [1.807, 2.05) is 47.2 Å². The fourth-order valence-electron chi connectivity index (χ4n) is 3.28. The summed E-state index contributed by atoms with van der Waals surface area (Å²) in [6, 6.07) is 7.48. The first-order valence-electron chi connectivity index (χ1n) is 8.79. The Hall–Kier alpha value is -2.89. The minimum Gasteiger partial charge on any atom is -0.481 e. The van der Waals surface area contributed by atoms with Crippen LogP contribution in [0.25, 0.3) is 5.69 Å². The molecule has 1 amide bonds. The predicted octanol–water partition coefficient (Wildman–Crippen LogP) is 3.60. The van der Waals surface area contributed by atoms with E-state index in [4.69, 9.17) is 0 Å². The Kier molecular flexibility index (Phi) is 5.21. The smallest absolute Gasteiger partial charge is 0.307 e. The van der Waals surface area contributed by atoms with E-state index in [9.17, 15) is 14.7 Å². The number of hydrogen-bond donors (Lipinski definition) is 2. The molecule has 6 nitrogen and oxygen atoms in total. The van der Waals surface area contributed by atoms with Crippen molar-refractivity contribution in [3.8, 4) is 5.69 Å². The molecule has 1 aliphatic rings. The number of allylic oxidation sites excluding steroid dienone is 2. The van der Waals surface area contributed by atoms with Gasteiger partial charge < -0.3 is 15.0 Å². The van der Waals surface area contributed by atoms with E-state index in [0.29, 0.717) is 24.4 Å². The Morgan fingerprint density at radius 3 is 2.42 bits per heavy atom. The van der Waals surface area contributed by atoms with Gasteiger partial charge in [-0.15, -0.1) is 0 Å². The molecule has 0 aliphatic heterocycles. The van der Waals surface area contributed by atoms with Crippen LogP contribution in [0.4, 0.5) is 5.69 Å². The van der Waals surface area contributed by atoms with Gasteiger partial charge in [0.2, 0.25) is 5.91 Å². The van der Waals surface area contributed by atoms with Gasteiger partial charge in [-0.3, -0.25) is 9.59 Å². The lowest BCUT2D eigenvalue weighted by molar-refractivity contribution is -0.146. The maximum absolute atomic E-state index is 12.5. The monoisotopic (exact) mass is 353 g/mol. The zero-order valence-electron chi connectivity index (χ0n) is 14.9. The largest absolute Gasteiger partial charge is 0.481 e. The van der Waals surface area contributed by atoms with Crippen LogP contribution >= 0.6 is 0 Å². The number of carboxylic acids is 1. The number of aliphatic carboxylic acids is 1. The second kappa shape index (κ2) is 7.56. The molecule has 2 atom stereocenters. The molecule has 136 valence electrons. The fraction of sp³-hybridized carbons (Fsp3) is 0.350. The number of nitrogens with one attached hydrogen (secondary N) is 1. The fourth-order valence-corrected chi connectivity index (χ4v) is 3.28. The van der Waals surface area contributed by atoms with Crippen molar-refractivity contribution in [2.24, 2.45) is 11.8 Å². The van der Waals surface area contributed by atoms with Gasteiger partial charge >= 0.3 is 5.97 Å². The third-order valence-corrected chi connectivity index (χ3v) is 4.69. The molecule has 0 radical (unpaired) electrons. The number of nitrogens with zero attached hydrogens (tertiary/aromatic N) is 2. The molecule has 0 saturated carbocycles. The predicted molar refractivity (Wildman–Crippen MR) is 99.3 cm³/mol. The molecule has 2 aromatic rings. The van der Waals surface area contributed by atoms with Gasteiger partial charge in [0.05, 0.1) is 11.8 Å². The number of hydrogen-bond acceptors (Lipinski definition) is 3. The average molecular weight is 353 g/mol. The number of rotatable bonds is 5. The minimum atomic E-state index is -0.925. The number of carbonyl (C=O) groups excluding carboxylic acids is 1. The van der Waals surface area contributed by atoms with Gasteiger partial charge in [0.1, 0.15) is 5.82 Å². The van der Waals surface area contributed by atoms with Crippen LogP contribution in [0.2, 0.25) is 0 Å². The number of aromatic nitrogens is 2. The molecule has 6 heteroatoms. The highest BCUT2D eigenvalue weighted by molar-refractivity contribution is 5.95. The van der Waals surface area contributed by atoms with Crippen molar-refractivity contribution in [3.63, 3.8) is 0 Å². The van der Waals surface area contributed by atoms with Crippen molar-refractivity contribution in [2.45, 2.75) is 32.6 Å². The van der Waals surface area contributed by atoms with Crippen molar-refractivity contribution in [1.29, 1.82) is 0 Å². The summed E-state index contributed by atoms with van der Waals surface area (Å²) in [5.74, 6) is -1.11. The van der Waals surface area contributed by atoms with E-state index in [0.717, 1.165) is 11.5 Å². The quantitative estimate of drug-likeness (QED) is 0.805. The third-order valence-electron chi connectivity index (χ3n) is 4.69. The van der Waals surface area contributed by atoms with Gasteiger partial charge in [-0.05, 0) is 37.1 Å². The number of benzene rings is 1. The second-order valence-corrected chi connectivity index (χ2v) is 6.84. The van der Waals surface area contributed by atoms with Crippen molar-refractivity contribution in [2.75, 3.05) is 5.32 Å². The summed E-state index contributed by atoms with van der Waals surface area (Å²) in [6.07, 6.45) is 8.23. The Bertz CT molecular complexity index is 821. The molecule has 1 aliphatic carbocycles. The molecule has 1 aromatic heterocycles. The third kappa shape index (κ3) is 3.69. The van der Waals surface area contributed by atoms with Crippen LogP contribution in [0.15, 0.2) is 48.8 Å². The first-order chi connectivity index (χ1) is 12.5. The Morgan fingerprint density at radius 1 is 1.15 bits per heavy atom. The lowest BCUT2D eigenvalue weighted by atomic mass is 9.82. The molecule has 3 rings (SSSR count). The molecule has 0 fully saturated rings. The van der Waals surface area contributed by atoms with Gasteiger partial charge in [-0.2, -0.15) is 0 Å². The summed E-state index contributed by atoms with van der Waals surface area (Å²) in [7, 11) is 0. The number of carbonyl (C=O) groups is 2. The van der Waals surface area contributed by atoms with Crippen LogP contribution < -0.4 is 5.32 Å². The number of imidazole rings is 1. The van der Waals surface area contributed by atoms with E-state index in [1.54, 1.807) is 6.20 Å². The summed E-state index contributed by atoms with van der Waals surface area (Å²) in [5, 5.41) is 12.2. The summed E-state index contributed by atoms with van der Waals surface area (Å²) in [5.41, 5.74) is 1.62. The molecule has 0 saturated heterocycles. The standard InChI is InChI=1S/C20H23N3O3/c1-13(2)18-21-11-12-23(18)15-9-7-14(8-10-15)22-19(24)16-5-3-4-6-17(16)20(25)26/h3-4,7-13,16-17H,5-6H2,1-2H3,(H,22,24)(H,25,26). The number of anilines is 1. The maximum Gasteiger partial charge on any atom is 0.307 e. The zero-order valence-corrected chi connectivity index (χ0v) is 14.9. The Morgan fingerprint density at radius 2 is 1.81 bits per heavy atom. The van der Waals surface area contributed by atoms with Crippen LogP contribution in [0.1, 0.15) is 38.4 Å². The average Bonchev–Trinajstić information content (AvgIpc) is 3.12. The van der Waals surface area contributed by atoms with Crippen LogP contribution in [0.3, 0.4) is 0 Å². The summed E-state index contributed by atoms with van der Waals surface area (Å²) >= 11 is 0. The highest BCUT2D eigenvalue weighted by Crippen LogP contribution is 2.27. The summed E-state index contributed by atoms with van der Waals surface area (Å²) in [6.45, 7) is 4.18. The van der Waals surface area contributed by atoms with E-state index >= 15 is 0 Å². The van der Waals surface area contributed by atoms with Crippen LogP contribution in [0, 0.1) is 11.8 Å². The number of amides is 1. The lowest BCUT2D eigenvalue weighted by Gasteiger charge is -2.24. The van der Waals surface area contributed by atoms with Crippen molar-refractivity contribution in [1.82, 2.24) is 9.55 Å². The Balaban J connectivity index is 1.73. The SMILES string of the molecule is CC(C)c1nccn1-c1ccc(NC(=O)C2CC=CCC2C(=O)O)cc1. The first-order valence-corrected chi connectivity index (χ1v) is 8.79. The maximum atomic E-state index is 12.5. The van der Waals surface area contributed by atoms with Crippen LogP contribution in [0.5, 0.6) is 0 Å². The summed E-state index contributed by atoms with van der Waals surface area (Å²) in [4.78, 5) is 28.3. The normalized spacial score (nSPS) is 19.5. The highest BCUT2D eigenvalue weighted by atomic mass is 16.4. The first kappa shape index (κ1) is 17.9. The molecule has 1 aromatic carbocycles. The summed E-state index contributed by atoms with van der Waals surface area (Å²) < 4.78 is 2.02. The minimum absolute atomic E-state index is 0.250. The number of carboxylic acid groups (broad SMARTS) is 1. The molecule has 2 unspecified atom stereocenters.